The predicted octanol–water partition coefficient (Wildman–Crippen LogP) is 4.62. The molecule has 0 spiro atoms. The molecule has 1 fully saturated rings. The van der Waals surface area contributed by atoms with E-state index in [1.807, 2.05) is 18.9 Å². The standard InChI is InChI=1S/C25H25F5N4O2S/c1-13-10-32(2)6-7-33(13)23-17-9-18(25(28,29)30)20(16-5-4-14(26)8-19(16)27)22-21(17)34(24(35)31-23)11-15(36-3)12-37-22/h4-5,8-9,13,15H,6-7,10-12H2,1-3H3/t13-,15+/m0/s1. The zero-order chi connectivity index (χ0) is 26.6. The van der Waals surface area contributed by atoms with Gasteiger partial charge in [-0.3, -0.25) is 4.57 Å². The van der Waals surface area contributed by atoms with Crippen LogP contribution in [0.2, 0.25) is 0 Å². The Kier molecular flexibility index (Phi) is 6.70. The van der Waals surface area contributed by atoms with Gasteiger partial charge in [0, 0.05) is 66.0 Å². The number of thioether (sulfide) groups is 1. The van der Waals surface area contributed by atoms with Crippen LogP contribution in [0.15, 0.2) is 34.0 Å². The van der Waals surface area contributed by atoms with E-state index in [1.165, 1.54) is 11.7 Å². The van der Waals surface area contributed by atoms with Gasteiger partial charge in [0.2, 0.25) is 0 Å². The van der Waals surface area contributed by atoms with Gasteiger partial charge in [0.1, 0.15) is 17.5 Å². The molecule has 12 heteroatoms. The molecule has 0 unspecified atom stereocenters. The van der Waals surface area contributed by atoms with E-state index >= 15 is 0 Å². The van der Waals surface area contributed by atoms with Crippen LogP contribution in [0.3, 0.4) is 0 Å². The number of methoxy groups -OCH3 is 1. The first-order chi connectivity index (χ1) is 17.5. The molecule has 1 saturated heterocycles. The second-order valence-electron chi connectivity index (χ2n) is 9.45. The Morgan fingerprint density at radius 3 is 2.54 bits per heavy atom. The SMILES string of the molecule is CO[C@H]1CSc2c(-c3ccc(F)cc3F)c(C(F)(F)F)cc3c(N4CCN(C)C[C@@H]4C)nc(=O)n(c23)C1. The number of aromatic nitrogens is 2. The van der Waals surface area contributed by atoms with Crippen molar-refractivity contribution in [2.45, 2.75) is 36.7 Å². The monoisotopic (exact) mass is 540 g/mol. The van der Waals surface area contributed by atoms with Gasteiger partial charge in [-0.2, -0.15) is 18.2 Å². The largest absolute Gasteiger partial charge is 0.417 e. The van der Waals surface area contributed by atoms with Gasteiger partial charge >= 0.3 is 11.9 Å². The summed E-state index contributed by atoms with van der Waals surface area (Å²) in [6.07, 6.45) is -5.35. The van der Waals surface area contributed by atoms with E-state index in [4.69, 9.17) is 4.74 Å². The van der Waals surface area contributed by atoms with Crippen molar-refractivity contribution in [1.82, 2.24) is 14.5 Å². The molecular weight excluding hydrogens is 515 g/mol. The quantitative estimate of drug-likeness (QED) is 0.452. The predicted molar refractivity (Wildman–Crippen MR) is 132 cm³/mol. The molecule has 0 aliphatic carbocycles. The summed E-state index contributed by atoms with van der Waals surface area (Å²) in [5, 5.41) is 0.161. The third-order valence-corrected chi connectivity index (χ3v) is 8.16. The van der Waals surface area contributed by atoms with E-state index in [9.17, 15) is 26.7 Å². The lowest BCUT2D eigenvalue weighted by atomic mass is 9.95. The van der Waals surface area contributed by atoms with Crippen molar-refractivity contribution in [3.63, 3.8) is 0 Å². The number of hydrogen-bond acceptors (Lipinski definition) is 6. The van der Waals surface area contributed by atoms with Gasteiger partial charge in [-0.1, -0.05) is 0 Å². The lowest BCUT2D eigenvalue weighted by molar-refractivity contribution is -0.137. The number of ether oxygens (including phenoxy) is 1. The molecule has 3 heterocycles. The molecule has 2 aliphatic heterocycles. The van der Waals surface area contributed by atoms with E-state index < -0.39 is 40.7 Å². The van der Waals surface area contributed by atoms with Gasteiger partial charge < -0.3 is 14.5 Å². The molecule has 0 radical (unpaired) electrons. The molecule has 2 atom stereocenters. The number of benzene rings is 2. The molecule has 37 heavy (non-hydrogen) atoms. The summed E-state index contributed by atoms with van der Waals surface area (Å²) in [4.78, 5) is 21.7. The van der Waals surface area contributed by atoms with Crippen LogP contribution in [0, 0.1) is 11.6 Å². The molecule has 0 N–H and O–H groups in total. The maximum atomic E-state index is 15.0. The fourth-order valence-electron chi connectivity index (χ4n) is 5.13. The number of halogens is 5. The van der Waals surface area contributed by atoms with Gasteiger partial charge in [-0.05, 0) is 32.2 Å². The van der Waals surface area contributed by atoms with E-state index in [2.05, 4.69) is 9.88 Å². The van der Waals surface area contributed by atoms with E-state index in [0.29, 0.717) is 25.7 Å². The maximum absolute atomic E-state index is 15.0. The lowest BCUT2D eigenvalue weighted by Crippen LogP contribution is -2.51. The van der Waals surface area contributed by atoms with Crippen LogP contribution >= 0.6 is 11.8 Å². The minimum atomic E-state index is -4.86. The minimum Gasteiger partial charge on any atom is -0.379 e. The summed E-state index contributed by atoms with van der Waals surface area (Å²) in [6, 6.07) is 3.33. The van der Waals surface area contributed by atoms with Crippen LogP contribution in [0.25, 0.3) is 22.0 Å². The summed E-state index contributed by atoms with van der Waals surface area (Å²) < 4.78 is 79.3. The number of rotatable bonds is 3. The Hall–Kier alpha value is -2.70. The van der Waals surface area contributed by atoms with Crippen LogP contribution in [0.4, 0.5) is 27.8 Å². The molecule has 3 aromatic rings. The first-order valence-electron chi connectivity index (χ1n) is 11.7. The van der Waals surface area contributed by atoms with Gasteiger partial charge in [0.05, 0.1) is 23.7 Å². The summed E-state index contributed by atoms with van der Waals surface area (Å²) in [5.41, 5.74) is -2.25. The molecule has 0 saturated carbocycles. The highest BCUT2D eigenvalue weighted by Gasteiger charge is 2.39. The molecule has 1 aromatic heterocycles. The average molecular weight is 541 g/mol. The van der Waals surface area contributed by atoms with Crippen molar-refractivity contribution in [1.29, 1.82) is 0 Å². The smallest absolute Gasteiger partial charge is 0.379 e. The summed E-state index contributed by atoms with van der Waals surface area (Å²) in [7, 11) is 3.41. The molecule has 5 rings (SSSR count). The number of hydrogen-bond donors (Lipinski definition) is 0. The van der Waals surface area contributed by atoms with Crippen LogP contribution < -0.4 is 10.6 Å². The van der Waals surface area contributed by atoms with Crippen molar-refractivity contribution in [3.8, 4) is 11.1 Å². The Morgan fingerprint density at radius 1 is 1.14 bits per heavy atom. The summed E-state index contributed by atoms with van der Waals surface area (Å²) in [6.45, 7) is 3.77. The van der Waals surface area contributed by atoms with Gasteiger partial charge in [-0.25, -0.2) is 13.6 Å². The van der Waals surface area contributed by atoms with Crippen LogP contribution in [0.5, 0.6) is 0 Å². The molecule has 198 valence electrons. The van der Waals surface area contributed by atoms with Gasteiger partial charge in [0.25, 0.3) is 0 Å². The first kappa shape index (κ1) is 25.9. The Labute approximate surface area is 214 Å². The maximum Gasteiger partial charge on any atom is 0.417 e. The molecule has 2 aromatic carbocycles. The van der Waals surface area contributed by atoms with E-state index in [1.54, 1.807) is 0 Å². The topological polar surface area (TPSA) is 50.6 Å². The second kappa shape index (κ2) is 9.55. The third-order valence-electron chi connectivity index (χ3n) is 6.94. The van der Waals surface area contributed by atoms with Crippen LogP contribution in [-0.4, -0.2) is 66.1 Å². The van der Waals surface area contributed by atoms with Crippen LogP contribution in [-0.2, 0) is 17.5 Å². The Bertz CT molecular complexity index is 1430. The van der Waals surface area contributed by atoms with E-state index in [0.717, 1.165) is 30.0 Å². The minimum absolute atomic E-state index is 0.0775. The first-order valence-corrected chi connectivity index (χ1v) is 12.7. The van der Waals surface area contributed by atoms with Gasteiger partial charge in [-0.15, -0.1) is 11.8 Å². The molecular formula is C25H25F5N4O2S. The molecule has 0 amide bonds. The Balaban J connectivity index is 1.91. The normalized spacial score (nSPS) is 20.9. The lowest BCUT2D eigenvalue weighted by Gasteiger charge is -2.39. The van der Waals surface area contributed by atoms with Crippen molar-refractivity contribution < 1.29 is 26.7 Å². The Morgan fingerprint density at radius 2 is 1.89 bits per heavy atom. The van der Waals surface area contributed by atoms with Crippen molar-refractivity contribution in [2.75, 3.05) is 44.4 Å². The average Bonchev–Trinajstić information content (AvgIpc) is 3.02. The van der Waals surface area contributed by atoms with E-state index in [-0.39, 0.29) is 45.5 Å². The summed E-state index contributed by atoms with van der Waals surface area (Å²) in [5.74, 6) is -1.62. The van der Waals surface area contributed by atoms with Crippen LogP contribution in [0.1, 0.15) is 12.5 Å². The molecule has 2 aliphatic rings. The second-order valence-corrected chi connectivity index (χ2v) is 10.5. The molecule has 0 bridgehead atoms. The highest BCUT2D eigenvalue weighted by atomic mass is 32.2. The number of likely N-dealkylation sites (N-methyl/N-ethyl adjacent to an activating group) is 1. The van der Waals surface area contributed by atoms with Crippen molar-refractivity contribution in [3.05, 3.63) is 51.9 Å². The number of nitrogens with zero attached hydrogens (tertiary/aromatic N) is 4. The zero-order valence-corrected chi connectivity index (χ0v) is 21.2. The van der Waals surface area contributed by atoms with Gasteiger partial charge in [0.15, 0.2) is 0 Å². The van der Waals surface area contributed by atoms with Crippen molar-refractivity contribution >= 4 is 28.5 Å². The number of piperazine rings is 1. The third kappa shape index (κ3) is 4.59. The highest BCUT2D eigenvalue weighted by Crippen LogP contribution is 2.49. The molecule has 6 nitrogen and oxygen atoms in total. The number of anilines is 1. The van der Waals surface area contributed by atoms with Crippen molar-refractivity contribution in [2.24, 2.45) is 0 Å². The summed E-state index contributed by atoms with van der Waals surface area (Å²) >= 11 is 1.06. The highest BCUT2D eigenvalue weighted by molar-refractivity contribution is 7.99. The zero-order valence-electron chi connectivity index (χ0n) is 20.4. The fourth-order valence-corrected chi connectivity index (χ4v) is 6.45. The fraction of sp³-hybridized carbons (Fsp3) is 0.440. The number of alkyl halides is 3.